The van der Waals surface area contributed by atoms with E-state index in [0.717, 1.165) is 21.9 Å². The van der Waals surface area contributed by atoms with Crippen LogP contribution in [0.1, 0.15) is 23.8 Å². The zero-order chi connectivity index (χ0) is 23.2. The maximum Gasteiger partial charge on any atom is 0.330 e. The van der Waals surface area contributed by atoms with Crippen molar-refractivity contribution in [2.24, 2.45) is 0 Å². The van der Waals surface area contributed by atoms with Gasteiger partial charge in [-0.3, -0.25) is 19.1 Å². The Hall–Kier alpha value is -3.56. The summed E-state index contributed by atoms with van der Waals surface area (Å²) in [7, 11) is 0. The molecule has 4 rings (SSSR count). The minimum Gasteiger partial charge on any atom is -0.463 e. The van der Waals surface area contributed by atoms with Crippen molar-refractivity contribution >= 4 is 5.97 Å². The van der Waals surface area contributed by atoms with E-state index in [0.29, 0.717) is 0 Å². The molecule has 0 bridgehead atoms. The highest BCUT2D eigenvalue weighted by atomic mass is 19.1. The van der Waals surface area contributed by atoms with Crippen LogP contribution in [0.25, 0.3) is 0 Å². The standard InChI is InChI=1S/C24H23FN2O6/c25-18-13-27(24(30)26-23(18)29)21-12-19(31-14-17-9-5-2-6-10-17)20(33-21)15-32-22(28)11-16-7-3-1-4-8-16/h1-10,13,19-21H,11-12,14-15H2,(H,26,29,30)/t19?,20-,21-/m0/s1. The second kappa shape index (κ2) is 10.4. The van der Waals surface area contributed by atoms with Crippen molar-refractivity contribution in [3.8, 4) is 0 Å². The Morgan fingerprint density at radius 2 is 1.73 bits per heavy atom. The van der Waals surface area contributed by atoms with Crippen molar-refractivity contribution in [1.82, 2.24) is 9.55 Å². The number of hydrogen-bond acceptors (Lipinski definition) is 6. The topological polar surface area (TPSA) is 99.6 Å². The van der Waals surface area contributed by atoms with Gasteiger partial charge in [-0.15, -0.1) is 0 Å². The van der Waals surface area contributed by atoms with Crippen LogP contribution in [0.2, 0.25) is 0 Å². The maximum absolute atomic E-state index is 13.8. The maximum atomic E-state index is 13.8. The van der Waals surface area contributed by atoms with Crippen molar-refractivity contribution < 1.29 is 23.4 Å². The Morgan fingerprint density at radius 3 is 2.42 bits per heavy atom. The van der Waals surface area contributed by atoms with Crippen molar-refractivity contribution in [1.29, 1.82) is 0 Å². The van der Waals surface area contributed by atoms with Gasteiger partial charge in [0.1, 0.15) is 18.9 Å². The number of ether oxygens (including phenoxy) is 3. The third kappa shape index (κ3) is 5.82. The van der Waals surface area contributed by atoms with Crippen molar-refractivity contribution in [3.05, 3.63) is 105 Å². The van der Waals surface area contributed by atoms with E-state index in [1.165, 1.54) is 0 Å². The normalized spacial score (nSPS) is 20.0. The van der Waals surface area contributed by atoms with E-state index < -0.39 is 41.5 Å². The van der Waals surface area contributed by atoms with Crippen LogP contribution in [-0.4, -0.2) is 34.3 Å². The van der Waals surface area contributed by atoms with Gasteiger partial charge in [-0.2, -0.15) is 4.39 Å². The highest BCUT2D eigenvalue weighted by Crippen LogP contribution is 2.31. The molecule has 1 aliphatic rings. The first-order valence-electron chi connectivity index (χ1n) is 10.5. The monoisotopic (exact) mass is 454 g/mol. The van der Waals surface area contributed by atoms with Crippen molar-refractivity contribution in [2.75, 3.05) is 6.61 Å². The van der Waals surface area contributed by atoms with Gasteiger partial charge < -0.3 is 14.2 Å². The van der Waals surface area contributed by atoms with Crippen LogP contribution in [0, 0.1) is 5.82 Å². The lowest BCUT2D eigenvalue weighted by Gasteiger charge is -2.19. The molecule has 33 heavy (non-hydrogen) atoms. The second-order valence-electron chi connectivity index (χ2n) is 7.69. The number of H-pyrrole nitrogens is 1. The van der Waals surface area contributed by atoms with Crippen LogP contribution in [0.3, 0.4) is 0 Å². The van der Waals surface area contributed by atoms with Crippen LogP contribution < -0.4 is 11.2 Å². The van der Waals surface area contributed by atoms with Gasteiger partial charge in [0.25, 0.3) is 5.56 Å². The molecule has 8 nitrogen and oxygen atoms in total. The summed E-state index contributed by atoms with van der Waals surface area (Å²) in [5.74, 6) is -1.53. The summed E-state index contributed by atoms with van der Waals surface area (Å²) in [5.41, 5.74) is -0.139. The quantitative estimate of drug-likeness (QED) is 0.525. The van der Waals surface area contributed by atoms with Gasteiger partial charge in [-0.1, -0.05) is 60.7 Å². The number of esters is 1. The second-order valence-corrected chi connectivity index (χ2v) is 7.69. The molecule has 0 saturated carbocycles. The Balaban J connectivity index is 1.45. The van der Waals surface area contributed by atoms with Gasteiger partial charge in [-0.25, -0.2) is 4.79 Å². The molecule has 2 aromatic carbocycles. The lowest BCUT2D eigenvalue weighted by Crippen LogP contribution is -2.34. The number of halogens is 1. The summed E-state index contributed by atoms with van der Waals surface area (Å²) >= 11 is 0. The van der Waals surface area contributed by atoms with Gasteiger partial charge in [0, 0.05) is 6.42 Å². The first-order valence-corrected chi connectivity index (χ1v) is 10.5. The van der Waals surface area contributed by atoms with Gasteiger partial charge in [-0.05, 0) is 11.1 Å². The van der Waals surface area contributed by atoms with E-state index in [1.807, 2.05) is 65.6 Å². The molecule has 0 amide bonds. The fraction of sp³-hybridized carbons (Fsp3) is 0.292. The summed E-state index contributed by atoms with van der Waals surface area (Å²) < 4.78 is 32.1. The fourth-order valence-corrected chi connectivity index (χ4v) is 3.64. The van der Waals surface area contributed by atoms with E-state index in [2.05, 4.69) is 0 Å². The number of benzene rings is 2. The van der Waals surface area contributed by atoms with E-state index in [-0.39, 0.29) is 26.1 Å². The lowest BCUT2D eigenvalue weighted by atomic mass is 10.1. The van der Waals surface area contributed by atoms with Crippen molar-refractivity contribution in [2.45, 2.75) is 37.9 Å². The summed E-state index contributed by atoms with van der Waals surface area (Å²) in [5, 5.41) is 0. The molecule has 0 spiro atoms. The Kier molecular flexibility index (Phi) is 7.11. The molecule has 1 N–H and O–H groups in total. The van der Waals surface area contributed by atoms with Crippen LogP contribution in [0.15, 0.2) is 76.4 Å². The average molecular weight is 454 g/mol. The molecular weight excluding hydrogens is 431 g/mol. The lowest BCUT2D eigenvalue weighted by molar-refractivity contribution is -0.150. The molecule has 0 aliphatic carbocycles. The molecule has 1 fully saturated rings. The third-order valence-electron chi connectivity index (χ3n) is 5.32. The summed E-state index contributed by atoms with van der Waals surface area (Å²) in [4.78, 5) is 37.7. The van der Waals surface area contributed by atoms with Crippen molar-refractivity contribution in [3.63, 3.8) is 0 Å². The highest BCUT2D eigenvalue weighted by Gasteiger charge is 2.38. The first-order chi connectivity index (χ1) is 16.0. The number of nitrogens with one attached hydrogen (secondary N) is 1. The number of nitrogens with zero attached hydrogens (tertiary/aromatic N) is 1. The molecule has 1 saturated heterocycles. The van der Waals surface area contributed by atoms with Gasteiger partial charge in [0.05, 0.1) is 25.3 Å². The molecule has 1 unspecified atom stereocenters. The van der Waals surface area contributed by atoms with Crippen LogP contribution >= 0.6 is 0 Å². The summed E-state index contributed by atoms with van der Waals surface area (Å²) in [6.07, 6.45) is -0.968. The SMILES string of the molecule is O=C(Cc1ccccc1)OC[C@@H]1O[C@H](n2cc(F)c(=O)[nH]c2=O)CC1OCc1ccccc1. The Bertz CT molecular complexity index is 1190. The Labute approximate surface area is 188 Å². The zero-order valence-corrected chi connectivity index (χ0v) is 17.7. The highest BCUT2D eigenvalue weighted by molar-refractivity contribution is 5.72. The molecule has 1 aromatic heterocycles. The first kappa shape index (κ1) is 22.6. The summed E-state index contributed by atoms with van der Waals surface area (Å²) in [6, 6.07) is 18.7. The Morgan fingerprint density at radius 1 is 1.06 bits per heavy atom. The minimum atomic E-state index is -1.10. The van der Waals surface area contributed by atoms with Crippen LogP contribution in [-0.2, 0) is 32.0 Å². The summed E-state index contributed by atoms with van der Waals surface area (Å²) in [6.45, 7) is 0.188. The number of carbonyl (C=O) groups excluding carboxylic acids is 1. The molecule has 3 aromatic rings. The minimum absolute atomic E-state index is 0.0950. The molecule has 2 heterocycles. The van der Waals surface area contributed by atoms with E-state index in [9.17, 15) is 18.8 Å². The number of hydrogen-bond donors (Lipinski definition) is 1. The molecule has 0 radical (unpaired) electrons. The van der Waals surface area contributed by atoms with Gasteiger partial charge in [0.2, 0.25) is 5.82 Å². The van der Waals surface area contributed by atoms with E-state index in [4.69, 9.17) is 14.2 Å². The number of carbonyl (C=O) groups is 1. The molecule has 3 atom stereocenters. The predicted molar refractivity (Wildman–Crippen MR) is 116 cm³/mol. The number of aromatic amines is 1. The molecule has 1 aliphatic heterocycles. The third-order valence-corrected chi connectivity index (χ3v) is 5.32. The molecular formula is C24H23FN2O6. The van der Waals surface area contributed by atoms with Gasteiger partial charge in [0.15, 0.2) is 0 Å². The zero-order valence-electron chi connectivity index (χ0n) is 17.7. The van der Waals surface area contributed by atoms with Crippen LogP contribution in [0.5, 0.6) is 0 Å². The fourth-order valence-electron chi connectivity index (χ4n) is 3.64. The van der Waals surface area contributed by atoms with Gasteiger partial charge >= 0.3 is 11.7 Å². The molecule has 9 heteroatoms. The average Bonchev–Trinajstić information content (AvgIpc) is 3.23. The van der Waals surface area contributed by atoms with E-state index in [1.54, 1.807) is 0 Å². The number of aromatic nitrogens is 2. The predicted octanol–water partition coefficient (Wildman–Crippen LogP) is 2.33. The largest absolute Gasteiger partial charge is 0.463 e. The van der Waals surface area contributed by atoms with Crippen LogP contribution in [0.4, 0.5) is 4.39 Å². The smallest absolute Gasteiger partial charge is 0.330 e. The molecule has 172 valence electrons. The number of rotatable bonds is 8. The van der Waals surface area contributed by atoms with E-state index >= 15 is 0 Å².